The highest BCUT2D eigenvalue weighted by molar-refractivity contribution is 4.72. The second-order valence-electron chi connectivity index (χ2n) is 6.61. The predicted molar refractivity (Wildman–Crippen MR) is 80.4 cm³/mol. The van der Waals surface area contributed by atoms with Gasteiger partial charge in [0.05, 0.1) is 0 Å². The molecule has 0 spiro atoms. The maximum atomic E-state index is 2.46. The SMILES string of the molecule is CCC(C)CCCC(C)CCC(C)(CC)CC. The van der Waals surface area contributed by atoms with Crippen LogP contribution in [0.3, 0.4) is 0 Å². The molecule has 0 aromatic carbocycles. The smallest absolute Gasteiger partial charge is 0.0331 e. The Kier molecular flexibility index (Phi) is 9.00. The molecule has 0 saturated carbocycles. The lowest BCUT2D eigenvalue weighted by molar-refractivity contribution is 0.242. The van der Waals surface area contributed by atoms with Gasteiger partial charge < -0.3 is 0 Å². The van der Waals surface area contributed by atoms with Crippen LogP contribution in [0.2, 0.25) is 0 Å². The Hall–Kier alpha value is 0. The van der Waals surface area contributed by atoms with Gasteiger partial charge in [-0.25, -0.2) is 0 Å². The summed E-state index contributed by atoms with van der Waals surface area (Å²) in [6.45, 7) is 14.3. The minimum atomic E-state index is 0.602. The highest BCUT2D eigenvalue weighted by Gasteiger charge is 2.20. The van der Waals surface area contributed by atoms with E-state index >= 15 is 0 Å². The second kappa shape index (κ2) is 9.00. The first kappa shape index (κ1) is 17.0. The van der Waals surface area contributed by atoms with E-state index < -0.39 is 0 Å². The van der Waals surface area contributed by atoms with E-state index in [4.69, 9.17) is 0 Å². The van der Waals surface area contributed by atoms with Crippen LogP contribution in [0, 0.1) is 17.3 Å². The summed E-state index contributed by atoms with van der Waals surface area (Å²) in [5, 5.41) is 0. The fraction of sp³-hybridized carbons (Fsp3) is 1.00. The van der Waals surface area contributed by atoms with Gasteiger partial charge in [-0.05, 0) is 23.7 Å². The molecule has 0 aromatic rings. The molecule has 2 atom stereocenters. The third-order valence-corrected chi connectivity index (χ3v) is 5.04. The molecule has 0 aliphatic heterocycles. The standard InChI is InChI=1S/C17H36/c1-7-15(4)11-10-12-16(5)13-14-17(6,8-2)9-3/h15-16H,7-14H2,1-6H3. The highest BCUT2D eigenvalue weighted by atomic mass is 14.3. The van der Waals surface area contributed by atoms with Crippen LogP contribution < -0.4 is 0 Å². The van der Waals surface area contributed by atoms with E-state index in [0.717, 1.165) is 11.8 Å². The van der Waals surface area contributed by atoms with Gasteiger partial charge in [-0.3, -0.25) is 0 Å². The van der Waals surface area contributed by atoms with Crippen LogP contribution >= 0.6 is 0 Å². The van der Waals surface area contributed by atoms with Gasteiger partial charge in [0, 0.05) is 0 Å². The van der Waals surface area contributed by atoms with E-state index in [-0.39, 0.29) is 0 Å². The molecule has 0 bridgehead atoms. The molecule has 0 radical (unpaired) electrons. The van der Waals surface area contributed by atoms with E-state index in [1.807, 2.05) is 0 Å². The number of hydrogen-bond acceptors (Lipinski definition) is 0. The fourth-order valence-corrected chi connectivity index (χ4v) is 2.36. The first-order valence-electron chi connectivity index (χ1n) is 7.97. The lowest BCUT2D eigenvalue weighted by Gasteiger charge is -2.28. The van der Waals surface area contributed by atoms with Crippen molar-refractivity contribution in [3.05, 3.63) is 0 Å². The predicted octanol–water partition coefficient (Wildman–Crippen LogP) is 6.45. The van der Waals surface area contributed by atoms with E-state index in [2.05, 4.69) is 41.5 Å². The van der Waals surface area contributed by atoms with Crippen molar-refractivity contribution in [1.29, 1.82) is 0 Å². The third kappa shape index (κ3) is 7.84. The van der Waals surface area contributed by atoms with Crippen molar-refractivity contribution in [2.45, 2.75) is 92.9 Å². The van der Waals surface area contributed by atoms with Crippen LogP contribution in [0.25, 0.3) is 0 Å². The average molecular weight is 240 g/mol. The molecule has 0 aliphatic rings. The van der Waals surface area contributed by atoms with Gasteiger partial charge in [-0.15, -0.1) is 0 Å². The van der Waals surface area contributed by atoms with E-state index in [1.54, 1.807) is 0 Å². The molecule has 0 nitrogen and oxygen atoms in total. The summed E-state index contributed by atoms with van der Waals surface area (Å²) in [7, 11) is 0. The summed E-state index contributed by atoms with van der Waals surface area (Å²) in [5.41, 5.74) is 0.602. The molecular weight excluding hydrogens is 204 g/mol. The topological polar surface area (TPSA) is 0 Å². The molecule has 0 heteroatoms. The molecular formula is C17H36. The van der Waals surface area contributed by atoms with Gasteiger partial charge in [0.15, 0.2) is 0 Å². The Morgan fingerprint density at radius 1 is 0.824 bits per heavy atom. The van der Waals surface area contributed by atoms with Crippen LogP contribution in [-0.4, -0.2) is 0 Å². The summed E-state index contributed by atoms with van der Waals surface area (Å²) < 4.78 is 0. The molecule has 0 fully saturated rings. The van der Waals surface area contributed by atoms with Gasteiger partial charge >= 0.3 is 0 Å². The summed E-state index contributed by atoms with van der Waals surface area (Å²) in [6, 6.07) is 0. The molecule has 0 aliphatic carbocycles. The van der Waals surface area contributed by atoms with Crippen molar-refractivity contribution in [2.75, 3.05) is 0 Å². The second-order valence-corrected chi connectivity index (χ2v) is 6.61. The Morgan fingerprint density at radius 2 is 1.35 bits per heavy atom. The molecule has 0 amide bonds. The van der Waals surface area contributed by atoms with Crippen molar-refractivity contribution in [2.24, 2.45) is 17.3 Å². The molecule has 0 aromatic heterocycles. The molecule has 0 rings (SSSR count). The van der Waals surface area contributed by atoms with Crippen LogP contribution in [0.4, 0.5) is 0 Å². The van der Waals surface area contributed by atoms with Crippen molar-refractivity contribution >= 4 is 0 Å². The highest BCUT2D eigenvalue weighted by Crippen LogP contribution is 2.33. The lowest BCUT2D eigenvalue weighted by Crippen LogP contribution is -2.15. The van der Waals surface area contributed by atoms with Gasteiger partial charge in [-0.1, -0.05) is 86.5 Å². The quantitative estimate of drug-likeness (QED) is 0.412. The van der Waals surface area contributed by atoms with Crippen molar-refractivity contribution < 1.29 is 0 Å². The van der Waals surface area contributed by atoms with Crippen LogP contribution in [-0.2, 0) is 0 Å². The van der Waals surface area contributed by atoms with Crippen molar-refractivity contribution in [1.82, 2.24) is 0 Å². The largest absolute Gasteiger partial charge is 0.0651 e. The third-order valence-electron chi connectivity index (χ3n) is 5.04. The maximum absolute atomic E-state index is 2.46. The Morgan fingerprint density at radius 3 is 1.82 bits per heavy atom. The monoisotopic (exact) mass is 240 g/mol. The molecule has 0 N–H and O–H groups in total. The number of hydrogen-bond donors (Lipinski definition) is 0. The molecule has 2 unspecified atom stereocenters. The van der Waals surface area contributed by atoms with Crippen LogP contribution in [0.15, 0.2) is 0 Å². The lowest BCUT2D eigenvalue weighted by atomic mass is 9.78. The maximum Gasteiger partial charge on any atom is -0.0331 e. The van der Waals surface area contributed by atoms with E-state index in [9.17, 15) is 0 Å². The minimum Gasteiger partial charge on any atom is -0.0651 e. The molecule has 0 heterocycles. The summed E-state index contributed by atoms with van der Waals surface area (Å²) in [4.78, 5) is 0. The van der Waals surface area contributed by atoms with Gasteiger partial charge in [0.1, 0.15) is 0 Å². The number of rotatable bonds is 10. The summed E-state index contributed by atoms with van der Waals surface area (Å²) >= 11 is 0. The van der Waals surface area contributed by atoms with Gasteiger partial charge in [0.25, 0.3) is 0 Å². The Balaban J connectivity index is 3.68. The Bertz CT molecular complexity index is 167. The zero-order valence-corrected chi connectivity index (χ0v) is 13.3. The minimum absolute atomic E-state index is 0.602. The molecule has 17 heavy (non-hydrogen) atoms. The van der Waals surface area contributed by atoms with Gasteiger partial charge in [0.2, 0.25) is 0 Å². The van der Waals surface area contributed by atoms with E-state index in [0.29, 0.717) is 5.41 Å². The first-order chi connectivity index (χ1) is 7.97. The van der Waals surface area contributed by atoms with Crippen molar-refractivity contribution in [3.63, 3.8) is 0 Å². The summed E-state index contributed by atoms with van der Waals surface area (Å²) in [5.74, 6) is 1.86. The van der Waals surface area contributed by atoms with Crippen molar-refractivity contribution in [3.8, 4) is 0 Å². The van der Waals surface area contributed by atoms with E-state index in [1.165, 1.54) is 51.4 Å². The normalized spacial score (nSPS) is 15.9. The molecule has 0 saturated heterocycles. The Labute approximate surface area is 111 Å². The average Bonchev–Trinajstić information content (AvgIpc) is 2.35. The zero-order valence-electron chi connectivity index (χ0n) is 13.3. The first-order valence-corrected chi connectivity index (χ1v) is 7.97. The fourth-order valence-electron chi connectivity index (χ4n) is 2.36. The van der Waals surface area contributed by atoms with Crippen LogP contribution in [0.5, 0.6) is 0 Å². The molecule has 104 valence electrons. The summed E-state index contributed by atoms with van der Waals surface area (Å²) in [6.07, 6.45) is 11.2. The van der Waals surface area contributed by atoms with Crippen LogP contribution in [0.1, 0.15) is 92.9 Å². The zero-order chi connectivity index (χ0) is 13.3. The van der Waals surface area contributed by atoms with Gasteiger partial charge in [-0.2, -0.15) is 0 Å².